The number of benzene rings is 1. The lowest BCUT2D eigenvalue weighted by molar-refractivity contribution is -0.117. The van der Waals surface area contributed by atoms with Crippen molar-refractivity contribution in [1.82, 2.24) is 14.9 Å². The van der Waals surface area contributed by atoms with Gasteiger partial charge in [0.05, 0.1) is 11.1 Å². The van der Waals surface area contributed by atoms with Crippen LogP contribution in [0.4, 0.5) is 15.9 Å². The van der Waals surface area contributed by atoms with E-state index in [1.54, 1.807) is 18.6 Å². The summed E-state index contributed by atoms with van der Waals surface area (Å²) in [5, 5.41) is 30.3. The molecule has 4 N–H and O–H groups in total. The quantitative estimate of drug-likeness (QED) is 0.559. The Hall–Kier alpha value is -2.73. The first kappa shape index (κ1) is 19.0. The number of halogens is 1. The summed E-state index contributed by atoms with van der Waals surface area (Å²) in [7, 11) is -4.29. The molecule has 1 amide bonds. The highest BCUT2D eigenvalue weighted by molar-refractivity contribution is 7.92. The minimum atomic E-state index is -4.29. The van der Waals surface area contributed by atoms with Gasteiger partial charge in [0.15, 0.2) is 5.82 Å². The molecule has 0 spiro atoms. The van der Waals surface area contributed by atoms with Crippen LogP contribution in [0.5, 0.6) is 5.75 Å². The number of nitrogens with one attached hydrogen (secondary N) is 2. The van der Waals surface area contributed by atoms with Gasteiger partial charge >= 0.3 is 10.2 Å². The second-order valence-corrected chi connectivity index (χ2v) is 8.34. The summed E-state index contributed by atoms with van der Waals surface area (Å²) in [5.74, 6) is -2.36. The van der Waals surface area contributed by atoms with Gasteiger partial charge in [-0.15, -0.1) is 10.2 Å². The minimum absolute atomic E-state index is 0.0117. The van der Waals surface area contributed by atoms with Crippen molar-refractivity contribution in [3.8, 4) is 5.75 Å². The summed E-state index contributed by atoms with van der Waals surface area (Å²) in [6.07, 6.45) is 0.399. The molecule has 12 heteroatoms. The first-order valence-electron chi connectivity index (χ1n) is 7.96. The zero-order valence-corrected chi connectivity index (χ0v) is 15.3. The fourth-order valence-electron chi connectivity index (χ4n) is 2.59. The second kappa shape index (κ2) is 6.46. The van der Waals surface area contributed by atoms with E-state index >= 15 is 4.39 Å². The largest absolute Gasteiger partial charge is 0.506 e. The van der Waals surface area contributed by atoms with E-state index in [1.165, 1.54) is 6.07 Å². The number of aliphatic hydroxyl groups is 1. The molecule has 0 aliphatic carbocycles. The van der Waals surface area contributed by atoms with E-state index in [2.05, 4.69) is 15.5 Å². The summed E-state index contributed by atoms with van der Waals surface area (Å²) >= 11 is 0. The zero-order valence-electron chi connectivity index (χ0n) is 14.5. The van der Waals surface area contributed by atoms with Gasteiger partial charge in [0.25, 0.3) is 5.91 Å². The van der Waals surface area contributed by atoms with Crippen molar-refractivity contribution in [2.45, 2.75) is 25.9 Å². The van der Waals surface area contributed by atoms with Crippen LogP contribution < -0.4 is 14.3 Å². The maximum absolute atomic E-state index is 15.0. The van der Waals surface area contributed by atoms with Crippen LogP contribution in [0.15, 0.2) is 12.1 Å². The number of anilines is 2. The molecule has 1 fully saturated rings. The van der Waals surface area contributed by atoms with Gasteiger partial charge in [0.1, 0.15) is 23.8 Å². The van der Waals surface area contributed by atoms with E-state index in [1.807, 2.05) is 0 Å². The fourth-order valence-corrected chi connectivity index (χ4v) is 3.75. The Morgan fingerprint density at radius 3 is 2.67 bits per heavy atom. The van der Waals surface area contributed by atoms with Gasteiger partial charge in [-0.25, -0.2) is 13.4 Å². The van der Waals surface area contributed by atoms with Gasteiger partial charge < -0.3 is 15.5 Å². The lowest BCUT2D eigenvalue weighted by Gasteiger charge is -2.18. The summed E-state index contributed by atoms with van der Waals surface area (Å²) in [6.45, 7) is 2.98. The van der Waals surface area contributed by atoms with Crippen LogP contribution in [0, 0.1) is 5.82 Å². The van der Waals surface area contributed by atoms with E-state index < -0.39 is 45.5 Å². The fraction of sp³-hybridized carbons (Fsp3) is 0.400. The topological polar surface area (TPSA) is 145 Å². The van der Waals surface area contributed by atoms with Gasteiger partial charge in [-0.2, -0.15) is 8.42 Å². The molecule has 1 aliphatic heterocycles. The zero-order chi connectivity index (χ0) is 20.0. The molecule has 27 heavy (non-hydrogen) atoms. The molecule has 10 nitrogen and oxygen atoms in total. The van der Waals surface area contributed by atoms with Crippen molar-refractivity contribution in [2.24, 2.45) is 0 Å². The van der Waals surface area contributed by atoms with Crippen molar-refractivity contribution in [3.63, 3.8) is 0 Å². The lowest BCUT2D eigenvalue weighted by Crippen LogP contribution is -2.30. The molecule has 1 saturated heterocycles. The van der Waals surface area contributed by atoms with E-state index in [-0.39, 0.29) is 16.7 Å². The van der Waals surface area contributed by atoms with Crippen molar-refractivity contribution in [2.75, 3.05) is 22.7 Å². The van der Waals surface area contributed by atoms with Crippen LogP contribution in [-0.2, 0) is 15.0 Å². The Balaban J connectivity index is 2.00. The first-order chi connectivity index (χ1) is 12.5. The summed E-state index contributed by atoms with van der Waals surface area (Å²) in [5.41, 5.74) is -1.53. The third-order valence-corrected chi connectivity index (χ3v) is 5.27. The molecule has 0 radical (unpaired) electrons. The number of carbonyl (C=O) groups is 1. The molecule has 2 heterocycles. The molecule has 0 saturated carbocycles. The van der Waals surface area contributed by atoms with Crippen molar-refractivity contribution < 1.29 is 27.8 Å². The predicted molar refractivity (Wildman–Crippen MR) is 95.0 cm³/mol. The van der Waals surface area contributed by atoms with Gasteiger partial charge in [-0.05, 0) is 26.3 Å². The Morgan fingerprint density at radius 2 is 2.07 bits per heavy atom. The molecular formula is C15H18FN5O5S. The Morgan fingerprint density at radius 1 is 1.37 bits per heavy atom. The highest BCUT2D eigenvalue weighted by Crippen LogP contribution is 2.38. The first-order valence-corrected chi connectivity index (χ1v) is 9.40. The predicted octanol–water partition coefficient (Wildman–Crippen LogP) is 0.228. The van der Waals surface area contributed by atoms with Crippen molar-refractivity contribution in [1.29, 1.82) is 0 Å². The van der Waals surface area contributed by atoms with Crippen LogP contribution in [0.2, 0.25) is 0 Å². The third-order valence-electron chi connectivity index (χ3n) is 3.90. The van der Waals surface area contributed by atoms with Gasteiger partial charge in [0.2, 0.25) is 0 Å². The summed E-state index contributed by atoms with van der Waals surface area (Å²) < 4.78 is 41.1. The van der Waals surface area contributed by atoms with Crippen LogP contribution in [0.1, 0.15) is 20.3 Å². The van der Waals surface area contributed by atoms with Gasteiger partial charge in [-0.1, -0.05) is 0 Å². The highest BCUT2D eigenvalue weighted by Gasteiger charge is 2.38. The summed E-state index contributed by atoms with van der Waals surface area (Å²) in [6, 6.07) is 2.38. The smallest absolute Gasteiger partial charge is 0.326 e. The van der Waals surface area contributed by atoms with Crippen molar-refractivity contribution in [3.05, 3.63) is 17.9 Å². The van der Waals surface area contributed by atoms with Crippen LogP contribution in [0.3, 0.4) is 0 Å². The molecule has 1 aromatic heterocycles. The molecule has 1 aromatic carbocycles. The number of amides is 1. The lowest BCUT2D eigenvalue weighted by atomic mass is 10.1. The number of hydrogen-bond acceptors (Lipinski definition) is 8. The number of aromatic hydroxyl groups is 1. The maximum atomic E-state index is 15.0. The Kier molecular flexibility index (Phi) is 4.56. The SMILES string of the molecule is CC(C)(O)CCNc1cc2c(F)c(N3CC(=O)NS3(=O)=O)c(O)cc2nn1. The highest BCUT2D eigenvalue weighted by atomic mass is 32.2. The van der Waals surface area contributed by atoms with E-state index in [0.29, 0.717) is 17.3 Å². The van der Waals surface area contributed by atoms with Gasteiger partial charge in [-0.3, -0.25) is 4.79 Å². The monoisotopic (exact) mass is 399 g/mol. The molecule has 0 bridgehead atoms. The standard InChI is InChI=1S/C15H18FN5O5S/c1-15(2,24)3-4-17-11-5-8-9(18-19-11)6-10(22)14(13(8)16)21-7-12(23)20-27(21,25)26/h5-6,22,24H,3-4,7H2,1-2H3,(H,17,19)(H,20,23). The normalized spacial score (nSPS) is 16.6. The Bertz CT molecular complexity index is 1020. The van der Waals surface area contributed by atoms with E-state index in [0.717, 1.165) is 6.07 Å². The van der Waals surface area contributed by atoms with Crippen LogP contribution in [-0.4, -0.2) is 53.4 Å². The van der Waals surface area contributed by atoms with Crippen LogP contribution >= 0.6 is 0 Å². The molecule has 1 aliphatic rings. The number of nitrogens with zero attached hydrogens (tertiary/aromatic N) is 3. The molecule has 2 aromatic rings. The van der Waals surface area contributed by atoms with E-state index in [9.17, 15) is 23.4 Å². The van der Waals surface area contributed by atoms with Gasteiger partial charge in [0, 0.05) is 18.0 Å². The average molecular weight is 399 g/mol. The van der Waals surface area contributed by atoms with Crippen LogP contribution in [0.25, 0.3) is 10.9 Å². The summed E-state index contributed by atoms with van der Waals surface area (Å²) in [4.78, 5) is 11.4. The molecular weight excluding hydrogens is 381 g/mol. The maximum Gasteiger partial charge on any atom is 0.326 e. The number of hydrogen-bond donors (Lipinski definition) is 4. The number of aromatic nitrogens is 2. The molecule has 146 valence electrons. The third kappa shape index (κ3) is 3.85. The molecule has 3 rings (SSSR count). The number of rotatable bonds is 5. The molecule has 0 unspecified atom stereocenters. The number of fused-ring (bicyclic) bond motifs is 1. The average Bonchev–Trinajstić information content (AvgIpc) is 2.79. The molecule has 0 atom stereocenters. The Labute approximate surface area is 154 Å². The van der Waals surface area contributed by atoms with E-state index in [4.69, 9.17) is 0 Å². The number of phenolic OH excluding ortho intramolecular Hbond substituents is 1. The minimum Gasteiger partial charge on any atom is -0.506 e. The van der Waals surface area contributed by atoms with Crippen molar-refractivity contribution >= 4 is 38.5 Å². The number of phenols is 1. The number of carbonyl (C=O) groups excluding carboxylic acids is 1. The second-order valence-electron chi connectivity index (χ2n) is 6.75.